The standard InChI is InChI=1S/C20H20N6O2S/c1-14(19(27)23-17-6-4-3-5-16(17)13-21)29-20-25-24-18(26(20)11-12-28-2)15-7-9-22-10-8-15/h3-10,14H,11-12H2,1-2H3,(H,23,27)/t14-/m0/s1. The number of aromatic nitrogens is 4. The molecular formula is C20H20N6O2S. The summed E-state index contributed by atoms with van der Waals surface area (Å²) in [5.74, 6) is 0.471. The number of rotatable bonds is 8. The van der Waals surface area contributed by atoms with E-state index in [1.54, 1.807) is 50.7 Å². The molecule has 1 aromatic carbocycles. The number of carbonyl (C=O) groups is 1. The number of anilines is 1. The van der Waals surface area contributed by atoms with Gasteiger partial charge in [-0.15, -0.1) is 10.2 Å². The van der Waals surface area contributed by atoms with Crippen LogP contribution in [0.1, 0.15) is 12.5 Å². The number of nitriles is 1. The Kier molecular flexibility index (Phi) is 6.94. The van der Waals surface area contributed by atoms with Crippen LogP contribution in [-0.4, -0.2) is 44.6 Å². The number of nitrogens with zero attached hydrogens (tertiary/aromatic N) is 5. The van der Waals surface area contributed by atoms with E-state index < -0.39 is 5.25 Å². The molecule has 0 aliphatic heterocycles. The van der Waals surface area contributed by atoms with Crippen molar-refractivity contribution < 1.29 is 9.53 Å². The third-order valence-corrected chi connectivity index (χ3v) is 5.21. The summed E-state index contributed by atoms with van der Waals surface area (Å²) in [6.45, 7) is 2.82. The van der Waals surface area contributed by atoms with Crippen molar-refractivity contribution in [3.63, 3.8) is 0 Å². The van der Waals surface area contributed by atoms with Gasteiger partial charge in [0, 0.05) is 25.1 Å². The molecule has 0 radical (unpaired) electrons. The van der Waals surface area contributed by atoms with Gasteiger partial charge >= 0.3 is 0 Å². The Balaban J connectivity index is 1.79. The number of methoxy groups -OCH3 is 1. The fourth-order valence-electron chi connectivity index (χ4n) is 2.61. The number of para-hydroxylation sites is 1. The van der Waals surface area contributed by atoms with Crippen molar-refractivity contribution in [1.82, 2.24) is 19.7 Å². The molecule has 0 fully saturated rings. The Bertz CT molecular complexity index is 1020. The van der Waals surface area contributed by atoms with Crippen LogP contribution in [0.25, 0.3) is 11.4 Å². The lowest BCUT2D eigenvalue weighted by atomic mass is 10.2. The van der Waals surface area contributed by atoms with E-state index in [1.807, 2.05) is 16.7 Å². The molecule has 9 heteroatoms. The zero-order valence-corrected chi connectivity index (χ0v) is 16.9. The number of hydrogen-bond acceptors (Lipinski definition) is 7. The minimum absolute atomic E-state index is 0.218. The molecule has 0 unspecified atom stereocenters. The van der Waals surface area contributed by atoms with E-state index in [2.05, 4.69) is 26.6 Å². The Morgan fingerprint density at radius 2 is 2.03 bits per heavy atom. The van der Waals surface area contributed by atoms with Gasteiger partial charge in [-0.25, -0.2) is 0 Å². The van der Waals surface area contributed by atoms with Crippen molar-refractivity contribution in [3.05, 3.63) is 54.4 Å². The molecule has 0 spiro atoms. The van der Waals surface area contributed by atoms with E-state index in [9.17, 15) is 10.1 Å². The lowest BCUT2D eigenvalue weighted by molar-refractivity contribution is -0.115. The third kappa shape index (κ3) is 4.99. The second-order valence-electron chi connectivity index (χ2n) is 6.09. The Labute approximate surface area is 172 Å². The van der Waals surface area contributed by atoms with Crippen LogP contribution in [0, 0.1) is 11.3 Å². The molecular weight excluding hydrogens is 388 g/mol. The first kappa shape index (κ1) is 20.5. The summed E-state index contributed by atoms with van der Waals surface area (Å²) < 4.78 is 7.14. The second-order valence-corrected chi connectivity index (χ2v) is 7.40. The number of pyridine rings is 1. The highest BCUT2D eigenvalue weighted by molar-refractivity contribution is 8.00. The third-order valence-electron chi connectivity index (χ3n) is 4.13. The molecule has 8 nitrogen and oxygen atoms in total. The summed E-state index contributed by atoms with van der Waals surface area (Å²) in [6.07, 6.45) is 3.39. The maximum absolute atomic E-state index is 12.7. The highest BCUT2D eigenvalue weighted by Crippen LogP contribution is 2.27. The number of amides is 1. The monoisotopic (exact) mass is 408 g/mol. The first-order valence-electron chi connectivity index (χ1n) is 8.93. The molecule has 3 aromatic rings. The fourth-order valence-corrected chi connectivity index (χ4v) is 3.49. The predicted molar refractivity (Wildman–Crippen MR) is 110 cm³/mol. The van der Waals surface area contributed by atoms with Crippen molar-refractivity contribution in [2.24, 2.45) is 0 Å². The van der Waals surface area contributed by atoms with Gasteiger partial charge in [0.05, 0.1) is 29.7 Å². The summed E-state index contributed by atoms with van der Waals surface area (Å²) in [7, 11) is 1.63. The molecule has 2 aromatic heterocycles. The molecule has 2 heterocycles. The van der Waals surface area contributed by atoms with Gasteiger partial charge in [0.2, 0.25) is 5.91 Å². The van der Waals surface area contributed by atoms with E-state index in [0.29, 0.717) is 35.4 Å². The fraction of sp³-hybridized carbons (Fsp3) is 0.250. The van der Waals surface area contributed by atoms with Crippen molar-refractivity contribution in [2.45, 2.75) is 23.9 Å². The van der Waals surface area contributed by atoms with E-state index in [0.717, 1.165) is 5.56 Å². The van der Waals surface area contributed by atoms with Crippen LogP contribution in [-0.2, 0) is 16.1 Å². The molecule has 1 amide bonds. The van der Waals surface area contributed by atoms with E-state index in [1.165, 1.54) is 11.8 Å². The highest BCUT2D eigenvalue weighted by atomic mass is 32.2. The van der Waals surface area contributed by atoms with E-state index in [-0.39, 0.29) is 5.91 Å². The second kappa shape index (κ2) is 9.82. The first-order valence-corrected chi connectivity index (χ1v) is 9.81. The number of carbonyl (C=O) groups excluding carboxylic acids is 1. The lowest BCUT2D eigenvalue weighted by Crippen LogP contribution is -2.23. The van der Waals surface area contributed by atoms with Crippen LogP contribution in [0.15, 0.2) is 53.9 Å². The molecule has 0 saturated carbocycles. The Hall–Kier alpha value is -3.22. The van der Waals surface area contributed by atoms with Gasteiger partial charge in [-0.05, 0) is 31.2 Å². The zero-order valence-electron chi connectivity index (χ0n) is 16.1. The van der Waals surface area contributed by atoms with Crippen LogP contribution in [0.4, 0.5) is 5.69 Å². The highest BCUT2D eigenvalue weighted by Gasteiger charge is 2.21. The van der Waals surface area contributed by atoms with E-state index in [4.69, 9.17) is 4.74 Å². The smallest absolute Gasteiger partial charge is 0.237 e. The summed E-state index contributed by atoms with van der Waals surface area (Å²) in [4.78, 5) is 16.7. The van der Waals surface area contributed by atoms with Crippen LogP contribution in [0.5, 0.6) is 0 Å². The number of ether oxygens (including phenoxy) is 1. The summed E-state index contributed by atoms with van der Waals surface area (Å²) in [5, 5.41) is 20.7. The van der Waals surface area contributed by atoms with Gasteiger partial charge < -0.3 is 10.1 Å². The number of thioether (sulfide) groups is 1. The van der Waals surface area contributed by atoms with Crippen LogP contribution in [0.2, 0.25) is 0 Å². The average Bonchev–Trinajstić information content (AvgIpc) is 3.15. The Morgan fingerprint density at radius 1 is 1.28 bits per heavy atom. The van der Waals surface area contributed by atoms with Gasteiger partial charge in [-0.3, -0.25) is 14.3 Å². The minimum Gasteiger partial charge on any atom is -0.383 e. The molecule has 0 bridgehead atoms. The molecule has 0 aliphatic carbocycles. The maximum Gasteiger partial charge on any atom is 0.237 e. The van der Waals surface area contributed by atoms with Crippen molar-refractivity contribution in [2.75, 3.05) is 19.0 Å². The number of hydrogen-bond donors (Lipinski definition) is 1. The molecule has 3 rings (SSSR count). The summed E-state index contributed by atoms with van der Waals surface area (Å²) in [6, 6.07) is 12.7. The minimum atomic E-state index is -0.447. The van der Waals surface area contributed by atoms with Crippen molar-refractivity contribution in [3.8, 4) is 17.5 Å². The van der Waals surface area contributed by atoms with Gasteiger partial charge in [0.15, 0.2) is 11.0 Å². The van der Waals surface area contributed by atoms with Crippen molar-refractivity contribution >= 4 is 23.4 Å². The van der Waals surface area contributed by atoms with Crippen LogP contribution in [0.3, 0.4) is 0 Å². The number of nitrogens with one attached hydrogen (secondary N) is 1. The SMILES string of the molecule is COCCn1c(S[C@@H](C)C(=O)Nc2ccccc2C#N)nnc1-c1ccncc1. The van der Waals surface area contributed by atoms with Gasteiger partial charge in [-0.1, -0.05) is 23.9 Å². The maximum atomic E-state index is 12.7. The molecule has 29 heavy (non-hydrogen) atoms. The van der Waals surface area contributed by atoms with Crippen molar-refractivity contribution in [1.29, 1.82) is 5.26 Å². The predicted octanol–water partition coefficient (Wildman–Crippen LogP) is 2.98. The average molecular weight is 408 g/mol. The lowest BCUT2D eigenvalue weighted by Gasteiger charge is -2.14. The van der Waals surface area contributed by atoms with Crippen LogP contribution >= 0.6 is 11.8 Å². The van der Waals surface area contributed by atoms with Gasteiger partial charge in [0.1, 0.15) is 6.07 Å². The summed E-state index contributed by atoms with van der Waals surface area (Å²) >= 11 is 1.30. The topological polar surface area (TPSA) is 106 Å². The summed E-state index contributed by atoms with van der Waals surface area (Å²) in [5.41, 5.74) is 1.79. The molecule has 0 saturated heterocycles. The molecule has 1 N–H and O–H groups in total. The number of benzene rings is 1. The normalized spacial score (nSPS) is 11.6. The molecule has 1 atom stereocenters. The Morgan fingerprint density at radius 3 is 2.76 bits per heavy atom. The molecule has 148 valence electrons. The van der Waals surface area contributed by atoms with Gasteiger partial charge in [0.25, 0.3) is 0 Å². The zero-order chi connectivity index (χ0) is 20.6. The first-order chi connectivity index (χ1) is 14.1. The van der Waals surface area contributed by atoms with Crippen LogP contribution < -0.4 is 5.32 Å². The quantitative estimate of drug-likeness (QED) is 0.571. The van der Waals surface area contributed by atoms with Gasteiger partial charge in [-0.2, -0.15) is 5.26 Å². The largest absolute Gasteiger partial charge is 0.383 e. The van der Waals surface area contributed by atoms with E-state index >= 15 is 0 Å². The molecule has 0 aliphatic rings.